The summed E-state index contributed by atoms with van der Waals surface area (Å²) in [5.74, 6) is -0.566. The predicted octanol–water partition coefficient (Wildman–Crippen LogP) is 2.00. The lowest BCUT2D eigenvalue weighted by molar-refractivity contribution is 0.0525. The van der Waals surface area contributed by atoms with Gasteiger partial charge in [-0.25, -0.2) is 4.79 Å². The molecule has 1 rings (SSSR count). The molecule has 0 aliphatic heterocycles. The van der Waals surface area contributed by atoms with Crippen LogP contribution in [0.5, 0.6) is 5.75 Å². The monoisotopic (exact) mass is 219 g/mol. The molecule has 0 bridgehead atoms. The smallest absolute Gasteiger partial charge is 0.338 e. The summed E-state index contributed by atoms with van der Waals surface area (Å²) in [6, 6.07) is 4.63. The van der Waals surface area contributed by atoms with E-state index in [0.717, 1.165) is 0 Å². The summed E-state index contributed by atoms with van der Waals surface area (Å²) >= 11 is 0. The van der Waals surface area contributed by atoms with E-state index in [9.17, 15) is 9.90 Å². The van der Waals surface area contributed by atoms with Gasteiger partial charge in [0.1, 0.15) is 11.8 Å². The quantitative estimate of drug-likeness (QED) is 0.789. The number of benzene rings is 1. The molecule has 1 aromatic carbocycles. The van der Waals surface area contributed by atoms with Crippen molar-refractivity contribution in [3.63, 3.8) is 0 Å². The van der Waals surface area contributed by atoms with E-state index in [1.807, 2.05) is 13.0 Å². The van der Waals surface area contributed by atoms with Crippen LogP contribution in [0.2, 0.25) is 0 Å². The second kappa shape index (κ2) is 5.17. The van der Waals surface area contributed by atoms with E-state index >= 15 is 0 Å². The van der Waals surface area contributed by atoms with Gasteiger partial charge < -0.3 is 9.84 Å². The van der Waals surface area contributed by atoms with Gasteiger partial charge in [0.25, 0.3) is 0 Å². The minimum absolute atomic E-state index is 0.0836. The summed E-state index contributed by atoms with van der Waals surface area (Å²) in [6.45, 7) is 3.86. The summed E-state index contributed by atoms with van der Waals surface area (Å²) in [7, 11) is 0. The Hall–Kier alpha value is -2.02. The van der Waals surface area contributed by atoms with Gasteiger partial charge in [0.15, 0.2) is 0 Å². The number of nitrogens with zero attached hydrogens (tertiary/aromatic N) is 1. The number of esters is 1. The van der Waals surface area contributed by atoms with Crippen LogP contribution in [0.4, 0.5) is 0 Å². The molecule has 4 heteroatoms. The lowest BCUT2D eigenvalue weighted by atomic mass is 10.0. The van der Waals surface area contributed by atoms with Crippen LogP contribution in [-0.2, 0) is 11.2 Å². The summed E-state index contributed by atoms with van der Waals surface area (Å²) in [5, 5.41) is 18.2. The molecule has 84 valence electrons. The Labute approximate surface area is 94.1 Å². The van der Waals surface area contributed by atoms with Crippen molar-refractivity contribution in [2.45, 2.75) is 20.3 Å². The number of aromatic hydroxyl groups is 1. The van der Waals surface area contributed by atoms with Crippen molar-refractivity contribution in [2.24, 2.45) is 0 Å². The fraction of sp³-hybridized carbons (Fsp3) is 0.333. The molecule has 0 heterocycles. The van der Waals surface area contributed by atoms with Crippen molar-refractivity contribution in [3.05, 3.63) is 28.8 Å². The molecule has 0 atom stereocenters. The van der Waals surface area contributed by atoms with Gasteiger partial charge in [-0.1, -0.05) is 6.92 Å². The molecule has 4 nitrogen and oxygen atoms in total. The zero-order valence-corrected chi connectivity index (χ0v) is 9.28. The Balaban J connectivity index is 3.26. The van der Waals surface area contributed by atoms with Crippen LogP contribution in [0.15, 0.2) is 12.1 Å². The number of nitriles is 1. The standard InChI is InChI=1S/C12H13NO3/c1-3-8-6-11(14)9(7-13)5-10(8)12(15)16-4-2/h5-6,14H,3-4H2,1-2H3. The first-order valence-electron chi connectivity index (χ1n) is 5.07. The molecule has 0 aromatic heterocycles. The topological polar surface area (TPSA) is 70.3 Å². The number of phenols is 1. The van der Waals surface area contributed by atoms with Gasteiger partial charge in [0, 0.05) is 0 Å². The van der Waals surface area contributed by atoms with Crippen LogP contribution < -0.4 is 0 Å². The first-order valence-corrected chi connectivity index (χ1v) is 5.07. The molecule has 0 fully saturated rings. The maximum atomic E-state index is 11.6. The Morgan fingerprint density at radius 3 is 2.69 bits per heavy atom. The first-order chi connectivity index (χ1) is 7.63. The number of carbonyl (C=O) groups is 1. The number of phenolic OH excluding ortho intramolecular Hbond substituents is 1. The van der Waals surface area contributed by atoms with E-state index in [-0.39, 0.29) is 17.9 Å². The van der Waals surface area contributed by atoms with Crippen LogP contribution in [-0.4, -0.2) is 17.7 Å². The van der Waals surface area contributed by atoms with Crippen molar-refractivity contribution in [1.82, 2.24) is 0 Å². The largest absolute Gasteiger partial charge is 0.507 e. The predicted molar refractivity (Wildman–Crippen MR) is 58.2 cm³/mol. The van der Waals surface area contributed by atoms with Crippen molar-refractivity contribution >= 4 is 5.97 Å². The number of hydrogen-bond acceptors (Lipinski definition) is 4. The Morgan fingerprint density at radius 1 is 1.50 bits per heavy atom. The van der Waals surface area contributed by atoms with Crippen LogP contribution in [0.3, 0.4) is 0 Å². The molecule has 0 saturated heterocycles. The van der Waals surface area contributed by atoms with Crippen molar-refractivity contribution < 1.29 is 14.6 Å². The molecular weight excluding hydrogens is 206 g/mol. The third kappa shape index (κ3) is 2.31. The van der Waals surface area contributed by atoms with Gasteiger partial charge >= 0.3 is 5.97 Å². The minimum Gasteiger partial charge on any atom is -0.507 e. The Bertz CT molecular complexity index is 446. The summed E-state index contributed by atoms with van der Waals surface area (Å²) < 4.78 is 4.88. The molecule has 0 aliphatic carbocycles. The number of aryl methyl sites for hydroxylation is 1. The first kappa shape index (κ1) is 12.1. The minimum atomic E-state index is -0.462. The van der Waals surface area contributed by atoms with E-state index in [2.05, 4.69) is 0 Å². The van der Waals surface area contributed by atoms with Crippen molar-refractivity contribution in [3.8, 4) is 11.8 Å². The third-order valence-corrected chi connectivity index (χ3v) is 2.22. The van der Waals surface area contributed by atoms with Gasteiger partial charge in [-0.15, -0.1) is 0 Å². The van der Waals surface area contributed by atoms with Gasteiger partial charge in [-0.2, -0.15) is 5.26 Å². The molecule has 0 unspecified atom stereocenters. The molecule has 0 amide bonds. The highest BCUT2D eigenvalue weighted by atomic mass is 16.5. The second-order valence-electron chi connectivity index (χ2n) is 3.21. The second-order valence-corrected chi connectivity index (χ2v) is 3.21. The van der Waals surface area contributed by atoms with E-state index in [4.69, 9.17) is 10.00 Å². The van der Waals surface area contributed by atoms with Crippen LogP contribution in [0, 0.1) is 11.3 Å². The molecule has 1 N–H and O–H groups in total. The summed E-state index contributed by atoms with van der Waals surface area (Å²) in [6.07, 6.45) is 0.591. The van der Waals surface area contributed by atoms with Crippen LogP contribution in [0.25, 0.3) is 0 Å². The van der Waals surface area contributed by atoms with E-state index < -0.39 is 5.97 Å². The summed E-state index contributed by atoms with van der Waals surface area (Å²) in [4.78, 5) is 11.6. The SMILES string of the molecule is CCOC(=O)c1cc(C#N)c(O)cc1CC. The summed E-state index contributed by atoms with van der Waals surface area (Å²) in [5.41, 5.74) is 1.11. The number of hydrogen-bond donors (Lipinski definition) is 1. The van der Waals surface area contributed by atoms with E-state index in [1.54, 1.807) is 6.92 Å². The fourth-order valence-corrected chi connectivity index (χ4v) is 1.41. The van der Waals surface area contributed by atoms with Gasteiger partial charge in [-0.05, 0) is 31.0 Å². The molecular formula is C12H13NO3. The highest BCUT2D eigenvalue weighted by Gasteiger charge is 2.15. The van der Waals surface area contributed by atoms with Gasteiger partial charge in [0.05, 0.1) is 17.7 Å². The van der Waals surface area contributed by atoms with E-state index in [0.29, 0.717) is 17.5 Å². The highest BCUT2D eigenvalue weighted by Crippen LogP contribution is 2.23. The lowest BCUT2D eigenvalue weighted by Crippen LogP contribution is -2.08. The van der Waals surface area contributed by atoms with Crippen molar-refractivity contribution in [1.29, 1.82) is 5.26 Å². The maximum absolute atomic E-state index is 11.6. The van der Waals surface area contributed by atoms with Crippen LogP contribution >= 0.6 is 0 Å². The molecule has 16 heavy (non-hydrogen) atoms. The molecule has 1 aromatic rings. The molecule has 0 radical (unpaired) electrons. The normalized spacial score (nSPS) is 9.56. The molecule has 0 aliphatic rings. The van der Waals surface area contributed by atoms with Crippen LogP contribution in [0.1, 0.15) is 35.3 Å². The zero-order valence-electron chi connectivity index (χ0n) is 9.28. The number of carbonyl (C=O) groups excluding carboxylic acids is 1. The number of rotatable bonds is 3. The van der Waals surface area contributed by atoms with Gasteiger partial charge in [-0.3, -0.25) is 0 Å². The van der Waals surface area contributed by atoms with E-state index in [1.165, 1.54) is 12.1 Å². The average Bonchev–Trinajstić information content (AvgIpc) is 2.28. The number of ether oxygens (including phenoxy) is 1. The lowest BCUT2D eigenvalue weighted by Gasteiger charge is -2.08. The molecule has 0 spiro atoms. The Kier molecular flexibility index (Phi) is 3.90. The zero-order chi connectivity index (χ0) is 12.1. The third-order valence-electron chi connectivity index (χ3n) is 2.22. The fourth-order valence-electron chi connectivity index (χ4n) is 1.41. The maximum Gasteiger partial charge on any atom is 0.338 e. The average molecular weight is 219 g/mol. The highest BCUT2D eigenvalue weighted by molar-refractivity contribution is 5.92. The molecule has 0 saturated carbocycles. The van der Waals surface area contributed by atoms with Gasteiger partial charge in [0.2, 0.25) is 0 Å². The van der Waals surface area contributed by atoms with Crippen molar-refractivity contribution in [2.75, 3.05) is 6.61 Å². The Morgan fingerprint density at radius 2 is 2.19 bits per heavy atom.